The fourth-order valence-electron chi connectivity index (χ4n) is 1.30. The molecule has 0 unspecified atom stereocenters. The topological polar surface area (TPSA) is 76.2 Å². The third kappa shape index (κ3) is 6.21. The molecule has 0 aliphatic carbocycles. The standard InChI is InChI=1S/C10H13F3N2O3/c11-10(12,13)6-5-7-14-8(18-15-7)3-1-2-4-9(16)17/h1-6H2,(H,16,17). The fourth-order valence-corrected chi connectivity index (χ4v) is 1.30. The molecule has 0 aliphatic rings. The highest BCUT2D eigenvalue weighted by atomic mass is 19.4. The molecule has 1 aromatic rings. The van der Waals surface area contributed by atoms with Gasteiger partial charge in [0.2, 0.25) is 5.89 Å². The van der Waals surface area contributed by atoms with E-state index >= 15 is 0 Å². The van der Waals surface area contributed by atoms with Gasteiger partial charge in [0.05, 0.1) is 6.42 Å². The first-order chi connectivity index (χ1) is 8.37. The molecule has 1 heterocycles. The minimum absolute atomic E-state index is 0.0283. The molecule has 0 radical (unpaired) electrons. The molecule has 0 saturated heterocycles. The minimum atomic E-state index is -4.23. The smallest absolute Gasteiger partial charge is 0.389 e. The Morgan fingerprint density at radius 2 is 2.00 bits per heavy atom. The van der Waals surface area contributed by atoms with Gasteiger partial charge in [-0.05, 0) is 12.8 Å². The van der Waals surface area contributed by atoms with Crippen LogP contribution in [0.3, 0.4) is 0 Å². The number of rotatable bonds is 7. The first-order valence-electron chi connectivity index (χ1n) is 5.47. The number of aromatic nitrogens is 2. The molecule has 0 amide bonds. The highest BCUT2D eigenvalue weighted by Crippen LogP contribution is 2.21. The molecular formula is C10H13F3N2O3. The predicted octanol–water partition coefficient (Wildman–Crippen LogP) is 2.36. The van der Waals surface area contributed by atoms with E-state index in [1.807, 2.05) is 0 Å². The van der Waals surface area contributed by atoms with Gasteiger partial charge in [-0.15, -0.1) is 0 Å². The van der Waals surface area contributed by atoms with E-state index in [2.05, 4.69) is 10.1 Å². The van der Waals surface area contributed by atoms with Crippen LogP contribution in [0.15, 0.2) is 4.52 Å². The Labute approximate surface area is 101 Å². The van der Waals surface area contributed by atoms with Gasteiger partial charge in [0.15, 0.2) is 5.82 Å². The van der Waals surface area contributed by atoms with E-state index in [0.717, 1.165) is 0 Å². The predicted molar refractivity (Wildman–Crippen MR) is 53.9 cm³/mol. The number of hydrogen-bond acceptors (Lipinski definition) is 4. The maximum Gasteiger partial charge on any atom is 0.389 e. The van der Waals surface area contributed by atoms with Crippen molar-refractivity contribution in [1.29, 1.82) is 0 Å². The summed E-state index contributed by atoms with van der Waals surface area (Å²) in [5.41, 5.74) is 0. The van der Waals surface area contributed by atoms with Crippen LogP contribution in [0, 0.1) is 0 Å². The minimum Gasteiger partial charge on any atom is -0.481 e. The van der Waals surface area contributed by atoms with Crippen LogP contribution in [0.4, 0.5) is 13.2 Å². The van der Waals surface area contributed by atoms with Crippen LogP contribution in [0.1, 0.15) is 37.4 Å². The van der Waals surface area contributed by atoms with E-state index < -0.39 is 18.6 Å². The van der Waals surface area contributed by atoms with E-state index in [-0.39, 0.29) is 24.6 Å². The van der Waals surface area contributed by atoms with Crippen LogP contribution in [-0.4, -0.2) is 27.4 Å². The van der Waals surface area contributed by atoms with Gasteiger partial charge in [-0.25, -0.2) is 0 Å². The fraction of sp³-hybridized carbons (Fsp3) is 0.700. The number of unbranched alkanes of at least 4 members (excludes halogenated alkanes) is 1. The molecule has 102 valence electrons. The third-order valence-corrected chi connectivity index (χ3v) is 2.17. The number of aryl methyl sites for hydroxylation is 2. The number of halogens is 3. The second-order valence-corrected chi connectivity index (χ2v) is 3.82. The molecule has 0 spiro atoms. The van der Waals surface area contributed by atoms with Crippen molar-refractivity contribution in [2.75, 3.05) is 0 Å². The largest absolute Gasteiger partial charge is 0.481 e. The highest BCUT2D eigenvalue weighted by molar-refractivity contribution is 5.66. The molecule has 0 bridgehead atoms. The number of carboxylic acid groups (broad SMARTS) is 1. The Bertz CT molecular complexity index is 390. The van der Waals surface area contributed by atoms with Crippen molar-refractivity contribution in [3.63, 3.8) is 0 Å². The second kappa shape index (κ2) is 6.36. The van der Waals surface area contributed by atoms with Gasteiger partial charge in [-0.2, -0.15) is 18.2 Å². The average molecular weight is 266 g/mol. The molecule has 0 atom stereocenters. The molecule has 1 rings (SSSR count). The number of aliphatic carboxylic acids is 1. The van der Waals surface area contributed by atoms with Crippen molar-refractivity contribution in [2.45, 2.75) is 44.7 Å². The lowest BCUT2D eigenvalue weighted by molar-refractivity contribution is -0.137. The summed E-state index contributed by atoms with van der Waals surface area (Å²) < 4.78 is 40.6. The van der Waals surface area contributed by atoms with E-state index in [0.29, 0.717) is 19.3 Å². The molecule has 0 aromatic carbocycles. The molecule has 0 aliphatic heterocycles. The molecule has 5 nitrogen and oxygen atoms in total. The Morgan fingerprint density at radius 1 is 1.28 bits per heavy atom. The Hall–Kier alpha value is -1.60. The Balaban J connectivity index is 2.28. The van der Waals surface area contributed by atoms with E-state index in [4.69, 9.17) is 9.63 Å². The van der Waals surface area contributed by atoms with E-state index in [1.54, 1.807) is 0 Å². The average Bonchev–Trinajstić information content (AvgIpc) is 2.68. The van der Waals surface area contributed by atoms with Crippen molar-refractivity contribution in [1.82, 2.24) is 10.1 Å². The maximum absolute atomic E-state index is 11.9. The lowest BCUT2D eigenvalue weighted by Crippen LogP contribution is -2.09. The normalized spacial score (nSPS) is 11.7. The van der Waals surface area contributed by atoms with Gasteiger partial charge < -0.3 is 9.63 Å². The Kier molecular flexibility index (Phi) is 5.11. The molecule has 18 heavy (non-hydrogen) atoms. The third-order valence-electron chi connectivity index (χ3n) is 2.17. The summed E-state index contributed by atoms with van der Waals surface area (Å²) in [6.07, 6.45) is -4.07. The molecular weight excluding hydrogens is 253 g/mol. The van der Waals surface area contributed by atoms with Crippen LogP contribution < -0.4 is 0 Å². The quantitative estimate of drug-likeness (QED) is 0.766. The molecule has 0 fully saturated rings. The lowest BCUT2D eigenvalue weighted by atomic mass is 10.2. The lowest BCUT2D eigenvalue weighted by Gasteiger charge is -2.01. The van der Waals surface area contributed by atoms with Gasteiger partial charge in [-0.1, -0.05) is 5.16 Å². The molecule has 0 saturated carbocycles. The van der Waals surface area contributed by atoms with Gasteiger partial charge in [0.1, 0.15) is 0 Å². The SMILES string of the molecule is O=C(O)CCCCc1nc(CCC(F)(F)F)no1. The van der Waals surface area contributed by atoms with Gasteiger partial charge >= 0.3 is 12.1 Å². The van der Waals surface area contributed by atoms with Crippen molar-refractivity contribution in [3.8, 4) is 0 Å². The van der Waals surface area contributed by atoms with Crippen LogP contribution in [-0.2, 0) is 17.6 Å². The van der Waals surface area contributed by atoms with Crippen LogP contribution >= 0.6 is 0 Å². The number of hydrogen-bond donors (Lipinski definition) is 1. The summed E-state index contributed by atoms with van der Waals surface area (Å²) in [5.74, 6) is -0.607. The van der Waals surface area contributed by atoms with Crippen LogP contribution in [0.5, 0.6) is 0 Å². The number of nitrogens with zero attached hydrogens (tertiary/aromatic N) is 2. The zero-order valence-corrected chi connectivity index (χ0v) is 9.53. The zero-order valence-electron chi connectivity index (χ0n) is 9.53. The molecule has 1 N–H and O–H groups in total. The van der Waals surface area contributed by atoms with Crippen molar-refractivity contribution < 1.29 is 27.6 Å². The number of carbonyl (C=O) groups is 1. The van der Waals surface area contributed by atoms with Gasteiger partial charge in [-0.3, -0.25) is 4.79 Å². The van der Waals surface area contributed by atoms with E-state index in [1.165, 1.54) is 0 Å². The van der Waals surface area contributed by atoms with Gasteiger partial charge in [0.25, 0.3) is 0 Å². The summed E-state index contributed by atoms with van der Waals surface area (Å²) in [6.45, 7) is 0. The molecule has 8 heteroatoms. The Morgan fingerprint density at radius 3 is 2.61 bits per heavy atom. The first-order valence-corrected chi connectivity index (χ1v) is 5.47. The molecule has 1 aromatic heterocycles. The summed E-state index contributed by atoms with van der Waals surface area (Å²) in [5, 5.41) is 11.8. The monoisotopic (exact) mass is 266 g/mol. The van der Waals surface area contributed by atoms with Crippen LogP contribution in [0.2, 0.25) is 0 Å². The highest BCUT2D eigenvalue weighted by Gasteiger charge is 2.27. The summed E-state index contributed by atoms with van der Waals surface area (Å²) in [4.78, 5) is 14.0. The van der Waals surface area contributed by atoms with Crippen molar-refractivity contribution in [3.05, 3.63) is 11.7 Å². The van der Waals surface area contributed by atoms with E-state index in [9.17, 15) is 18.0 Å². The first kappa shape index (κ1) is 14.5. The summed E-state index contributed by atoms with van der Waals surface area (Å²) in [6, 6.07) is 0. The summed E-state index contributed by atoms with van der Waals surface area (Å²) in [7, 11) is 0. The number of alkyl halides is 3. The summed E-state index contributed by atoms with van der Waals surface area (Å²) >= 11 is 0. The van der Waals surface area contributed by atoms with Crippen molar-refractivity contribution in [2.24, 2.45) is 0 Å². The number of carboxylic acids is 1. The van der Waals surface area contributed by atoms with Gasteiger partial charge in [0, 0.05) is 19.3 Å². The van der Waals surface area contributed by atoms with Crippen molar-refractivity contribution >= 4 is 5.97 Å². The van der Waals surface area contributed by atoms with Crippen LogP contribution in [0.25, 0.3) is 0 Å². The zero-order chi connectivity index (χ0) is 13.6. The maximum atomic E-state index is 11.9. The second-order valence-electron chi connectivity index (χ2n) is 3.82.